The largest absolute Gasteiger partial charge is 0.430 e. The number of rotatable bonds is 2. The molecule has 0 aliphatic rings. The van der Waals surface area contributed by atoms with Crippen molar-refractivity contribution in [3.8, 4) is 5.75 Å². The summed E-state index contributed by atoms with van der Waals surface area (Å²) in [5.74, 6) is -3.85. The summed E-state index contributed by atoms with van der Waals surface area (Å²) in [7, 11) is 0. The highest BCUT2D eigenvalue weighted by atomic mass is 79.9. The number of anilines is 1. The third-order valence-electron chi connectivity index (χ3n) is 1.35. The predicted molar refractivity (Wildman–Crippen MR) is 45.1 cm³/mol. The molecule has 0 saturated heterocycles. The molecule has 0 heterocycles. The van der Waals surface area contributed by atoms with Crippen molar-refractivity contribution >= 4 is 21.6 Å². The lowest BCUT2D eigenvalue weighted by Gasteiger charge is -2.09. The van der Waals surface area contributed by atoms with Crippen LogP contribution >= 0.6 is 15.9 Å². The minimum absolute atomic E-state index is 0.172. The number of hydrogen-bond acceptors (Lipinski definition) is 2. The molecule has 0 aliphatic carbocycles. The monoisotopic (exact) mass is 273 g/mol. The van der Waals surface area contributed by atoms with Crippen LogP contribution in [-0.4, -0.2) is 6.61 Å². The van der Waals surface area contributed by atoms with Gasteiger partial charge >= 0.3 is 6.61 Å². The summed E-state index contributed by atoms with van der Waals surface area (Å²) in [5.41, 5.74) is 4.54. The number of alkyl halides is 2. The molecule has 1 aromatic rings. The van der Waals surface area contributed by atoms with Gasteiger partial charge in [-0.2, -0.15) is 13.2 Å². The highest BCUT2D eigenvalue weighted by Gasteiger charge is 2.19. The van der Waals surface area contributed by atoms with Crippen molar-refractivity contribution in [3.63, 3.8) is 0 Å². The zero-order valence-corrected chi connectivity index (χ0v) is 8.12. The molecule has 7 heteroatoms. The molecule has 14 heavy (non-hydrogen) atoms. The number of ether oxygens (including phenoxy) is 1. The number of hydrogen-bond donors (Lipinski definition) is 1. The highest BCUT2D eigenvalue weighted by Crippen LogP contribution is 2.34. The Morgan fingerprint density at radius 1 is 1.29 bits per heavy atom. The zero-order chi connectivity index (χ0) is 10.9. The van der Waals surface area contributed by atoms with Gasteiger partial charge in [0, 0.05) is 0 Å². The summed E-state index contributed by atoms with van der Waals surface area (Å²) >= 11 is 2.72. The van der Waals surface area contributed by atoms with E-state index in [0.29, 0.717) is 0 Å². The van der Waals surface area contributed by atoms with Gasteiger partial charge in [0.2, 0.25) is 5.82 Å². The standard InChI is InChI=1S/C7H4BrF4NO/c8-2-1-3(13)4(9)5(10)6(2)14-7(11)12/h1,7H,13H2. The Labute approximate surface area is 84.8 Å². The lowest BCUT2D eigenvalue weighted by molar-refractivity contribution is -0.0530. The molecule has 78 valence electrons. The van der Waals surface area contributed by atoms with E-state index in [0.717, 1.165) is 6.07 Å². The Morgan fingerprint density at radius 2 is 1.86 bits per heavy atom. The van der Waals surface area contributed by atoms with Crippen molar-refractivity contribution in [1.29, 1.82) is 0 Å². The van der Waals surface area contributed by atoms with E-state index >= 15 is 0 Å². The molecular formula is C7H4BrF4NO. The quantitative estimate of drug-likeness (QED) is 0.511. The predicted octanol–water partition coefficient (Wildman–Crippen LogP) is 2.91. The summed E-state index contributed by atoms with van der Waals surface area (Å²) < 4.78 is 52.8. The number of benzene rings is 1. The van der Waals surface area contributed by atoms with Crippen LogP contribution in [0.4, 0.5) is 23.2 Å². The Morgan fingerprint density at radius 3 is 2.36 bits per heavy atom. The molecule has 0 radical (unpaired) electrons. The van der Waals surface area contributed by atoms with Crippen LogP contribution in [0.15, 0.2) is 10.5 Å². The smallest absolute Gasteiger partial charge is 0.387 e. The fourth-order valence-corrected chi connectivity index (χ4v) is 1.31. The fourth-order valence-electron chi connectivity index (χ4n) is 0.794. The van der Waals surface area contributed by atoms with E-state index in [2.05, 4.69) is 20.7 Å². The normalized spacial score (nSPS) is 10.7. The van der Waals surface area contributed by atoms with Crippen LogP contribution in [0.3, 0.4) is 0 Å². The summed E-state index contributed by atoms with van der Waals surface area (Å²) in [6.07, 6.45) is 0. The summed E-state index contributed by atoms with van der Waals surface area (Å²) in [4.78, 5) is 0. The average molecular weight is 274 g/mol. The number of nitrogens with two attached hydrogens (primary N) is 1. The van der Waals surface area contributed by atoms with E-state index in [4.69, 9.17) is 5.73 Å². The van der Waals surface area contributed by atoms with Gasteiger partial charge < -0.3 is 10.5 Å². The summed E-state index contributed by atoms with van der Waals surface area (Å²) in [5, 5.41) is 0. The Balaban J connectivity index is 3.22. The molecule has 0 atom stereocenters. The summed E-state index contributed by atoms with van der Waals surface area (Å²) in [6.45, 7) is -3.23. The maximum absolute atomic E-state index is 12.9. The molecule has 0 saturated carbocycles. The van der Waals surface area contributed by atoms with Crippen LogP contribution in [0.25, 0.3) is 0 Å². The molecule has 0 unspecified atom stereocenters. The first-order chi connectivity index (χ1) is 6.43. The molecular weight excluding hydrogens is 270 g/mol. The minimum Gasteiger partial charge on any atom is -0.430 e. The molecule has 0 aliphatic heterocycles. The van der Waals surface area contributed by atoms with Crippen molar-refractivity contribution in [1.82, 2.24) is 0 Å². The molecule has 0 aromatic heterocycles. The molecule has 2 N–H and O–H groups in total. The van der Waals surface area contributed by atoms with Gasteiger partial charge in [0.25, 0.3) is 0 Å². The molecule has 0 amide bonds. The number of halogens is 5. The average Bonchev–Trinajstić information content (AvgIpc) is 2.09. The SMILES string of the molecule is Nc1cc(Br)c(OC(F)F)c(F)c1F. The Bertz CT molecular complexity index is 358. The van der Waals surface area contributed by atoms with Crippen LogP contribution in [0.2, 0.25) is 0 Å². The third-order valence-corrected chi connectivity index (χ3v) is 1.94. The van der Waals surface area contributed by atoms with Crippen molar-refractivity contribution < 1.29 is 22.3 Å². The first-order valence-electron chi connectivity index (χ1n) is 3.31. The van der Waals surface area contributed by atoms with Gasteiger partial charge in [-0.3, -0.25) is 0 Å². The van der Waals surface area contributed by atoms with Crippen LogP contribution < -0.4 is 10.5 Å². The van der Waals surface area contributed by atoms with E-state index < -0.39 is 29.7 Å². The lowest BCUT2D eigenvalue weighted by Crippen LogP contribution is -2.07. The van der Waals surface area contributed by atoms with E-state index in [9.17, 15) is 17.6 Å². The molecule has 1 aromatic carbocycles. The van der Waals surface area contributed by atoms with Gasteiger partial charge in [0.1, 0.15) is 0 Å². The van der Waals surface area contributed by atoms with Crippen LogP contribution in [-0.2, 0) is 0 Å². The topological polar surface area (TPSA) is 35.2 Å². The Kier molecular flexibility index (Phi) is 3.20. The van der Waals surface area contributed by atoms with Crippen LogP contribution in [0.1, 0.15) is 0 Å². The van der Waals surface area contributed by atoms with Gasteiger partial charge in [-0.25, -0.2) is 4.39 Å². The van der Waals surface area contributed by atoms with Crippen LogP contribution in [0.5, 0.6) is 5.75 Å². The number of nitrogen functional groups attached to an aromatic ring is 1. The van der Waals surface area contributed by atoms with Crippen molar-refractivity contribution in [2.45, 2.75) is 6.61 Å². The Hall–Kier alpha value is -0.980. The van der Waals surface area contributed by atoms with Crippen LogP contribution in [0, 0.1) is 11.6 Å². The zero-order valence-electron chi connectivity index (χ0n) is 6.53. The van der Waals surface area contributed by atoms with E-state index in [-0.39, 0.29) is 4.47 Å². The second-order valence-corrected chi connectivity index (χ2v) is 3.14. The van der Waals surface area contributed by atoms with Crippen molar-refractivity contribution in [2.24, 2.45) is 0 Å². The van der Waals surface area contributed by atoms with Gasteiger partial charge in [-0.05, 0) is 22.0 Å². The van der Waals surface area contributed by atoms with Gasteiger partial charge in [0.05, 0.1) is 10.2 Å². The van der Waals surface area contributed by atoms with Gasteiger partial charge in [0.15, 0.2) is 11.6 Å². The highest BCUT2D eigenvalue weighted by molar-refractivity contribution is 9.10. The van der Waals surface area contributed by atoms with Crippen molar-refractivity contribution in [2.75, 3.05) is 5.73 Å². The maximum Gasteiger partial charge on any atom is 0.387 e. The lowest BCUT2D eigenvalue weighted by atomic mass is 10.3. The molecule has 0 spiro atoms. The first kappa shape index (κ1) is 11.1. The second kappa shape index (κ2) is 4.04. The van der Waals surface area contributed by atoms with E-state index in [1.54, 1.807) is 0 Å². The molecule has 2 nitrogen and oxygen atoms in total. The molecule has 0 fully saturated rings. The molecule has 0 bridgehead atoms. The second-order valence-electron chi connectivity index (χ2n) is 2.28. The van der Waals surface area contributed by atoms with E-state index in [1.807, 2.05) is 0 Å². The van der Waals surface area contributed by atoms with E-state index in [1.165, 1.54) is 0 Å². The maximum atomic E-state index is 12.9. The third kappa shape index (κ3) is 2.09. The van der Waals surface area contributed by atoms with Gasteiger partial charge in [-0.1, -0.05) is 0 Å². The minimum atomic E-state index is -3.23. The fraction of sp³-hybridized carbons (Fsp3) is 0.143. The van der Waals surface area contributed by atoms with Crippen molar-refractivity contribution in [3.05, 3.63) is 22.2 Å². The summed E-state index contributed by atoms with van der Waals surface area (Å²) in [6, 6.07) is 0.941. The van der Waals surface area contributed by atoms with Gasteiger partial charge in [-0.15, -0.1) is 0 Å². The molecule has 1 rings (SSSR count). The first-order valence-corrected chi connectivity index (χ1v) is 4.10.